The van der Waals surface area contributed by atoms with Crippen molar-refractivity contribution in [3.05, 3.63) is 35.0 Å². The first kappa shape index (κ1) is 14.0. The lowest BCUT2D eigenvalue weighted by atomic mass is 9.97. The van der Waals surface area contributed by atoms with Crippen LogP contribution >= 0.6 is 11.6 Å². The molecule has 0 radical (unpaired) electrons. The number of nitrogens with zero attached hydrogens (tertiary/aromatic N) is 5. The van der Waals surface area contributed by atoms with Crippen molar-refractivity contribution in [2.45, 2.75) is 57.7 Å². The first-order valence-electron chi connectivity index (χ1n) is 7.89. The third-order valence-corrected chi connectivity index (χ3v) is 5.40. The van der Waals surface area contributed by atoms with Crippen LogP contribution in [0, 0.1) is 13.8 Å². The van der Waals surface area contributed by atoms with Gasteiger partial charge < -0.3 is 4.90 Å². The Labute approximate surface area is 135 Å². The molecule has 116 valence electrons. The summed E-state index contributed by atoms with van der Waals surface area (Å²) in [7, 11) is 0. The van der Waals surface area contributed by atoms with Gasteiger partial charge in [0.05, 0.1) is 17.3 Å². The van der Waals surface area contributed by atoms with E-state index in [0.717, 1.165) is 29.4 Å². The van der Waals surface area contributed by atoms with Gasteiger partial charge in [-0.05, 0) is 39.5 Å². The lowest BCUT2D eigenvalue weighted by Gasteiger charge is -2.40. The van der Waals surface area contributed by atoms with Crippen LogP contribution in [0.15, 0.2) is 18.7 Å². The molecule has 2 saturated heterocycles. The van der Waals surface area contributed by atoms with Crippen molar-refractivity contribution in [2.75, 3.05) is 4.90 Å². The summed E-state index contributed by atoms with van der Waals surface area (Å²) in [6.45, 7) is 4.18. The van der Waals surface area contributed by atoms with E-state index in [1.54, 1.807) is 12.5 Å². The highest BCUT2D eigenvalue weighted by molar-refractivity contribution is 6.30. The minimum absolute atomic E-state index is 0.449. The van der Waals surface area contributed by atoms with Crippen LogP contribution in [0.1, 0.15) is 43.0 Å². The molecule has 0 aliphatic carbocycles. The number of anilines is 1. The summed E-state index contributed by atoms with van der Waals surface area (Å²) in [6, 6.07) is 1.53. The predicted octanol–water partition coefficient (Wildman–Crippen LogP) is 3.32. The van der Waals surface area contributed by atoms with Gasteiger partial charge >= 0.3 is 0 Å². The van der Waals surface area contributed by atoms with Gasteiger partial charge in [0.15, 0.2) is 0 Å². The molecular weight excluding hydrogens is 298 g/mol. The lowest BCUT2D eigenvalue weighted by Crippen LogP contribution is -2.44. The van der Waals surface area contributed by atoms with Gasteiger partial charge in [0.25, 0.3) is 0 Å². The van der Waals surface area contributed by atoms with Crippen molar-refractivity contribution in [3.8, 4) is 0 Å². The second kappa shape index (κ2) is 5.23. The maximum atomic E-state index is 6.02. The van der Waals surface area contributed by atoms with Crippen molar-refractivity contribution < 1.29 is 0 Å². The van der Waals surface area contributed by atoms with E-state index in [4.69, 9.17) is 11.6 Å². The monoisotopic (exact) mass is 317 g/mol. The van der Waals surface area contributed by atoms with Gasteiger partial charge in [0.2, 0.25) is 0 Å². The molecule has 0 N–H and O–H groups in total. The van der Waals surface area contributed by atoms with E-state index in [1.165, 1.54) is 18.4 Å². The lowest BCUT2D eigenvalue weighted by molar-refractivity contribution is 0.313. The fourth-order valence-electron chi connectivity index (χ4n) is 4.01. The molecule has 2 aromatic heterocycles. The van der Waals surface area contributed by atoms with Crippen molar-refractivity contribution in [1.29, 1.82) is 0 Å². The summed E-state index contributed by atoms with van der Waals surface area (Å²) in [4.78, 5) is 11.4. The zero-order valence-electron chi connectivity index (χ0n) is 12.9. The Morgan fingerprint density at radius 3 is 2.45 bits per heavy atom. The van der Waals surface area contributed by atoms with Crippen LogP contribution in [-0.2, 0) is 0 Å². The third kappa shape index (κ3) is 2.19. The van der Waals surface area contributed by atoms with E-state index >= 15 is 0 Å². The van der Waals surface area contributed by atoms with Crippen molar-refractivity contribution >= 4 is 17.4 Å². The molecule has 2 unspecified atom stereocenters. The Bertz CT molecular complexity index is 684. The van der Waals surface area contributed by atoms with Crippen LogP contribution in [0.4, 0.5) is 5.82 Å². The Balaban J connectivity index is 1.62. The minimum Gasteiger partial charge on any atom is -0.350 e. The predicted molar refractivity (Wildman–Crippen MR) is 86.3 cm³/mol. The number of halogens is 1. The third-order valence-electron chi connectivity index (χ3n) is 5.21. The fourth-order valence-corrected chi connectivity index (χ4v) is 4.15. The number of rotatable bonds is 2. The number of hydrogen-bond donors (Lipinski definition) is 0. The average Bonchev–Trinajstić information content (AvgIpc) is 3.03. The minimum atomic E-state index is 0.449. The maximum Gasteiger partial charge on any atom is 0.135 e. The van der Waals surface area contributed by atoms with Crippen molar-refractivity contribution in [1.82, 2.24) is 19.7 Å². The van der Waals surface area contributed by atoms with Gasteiger partial charge in [-0.3, -0.25) is 4.68 Å². The molecule has 22 heavy (non-hydrogen) atoms. The van der Waals surface area contributed by atoms with Crippen molar-refractivity contribution in [3.63, 3.8) is 0 Å². The first-order chi connectivity index (χ1) is 10.6. The molecule has 6 heteroatoms. The summed E-state index contributed by atoms with van der Waals surface area (Å²) < 4.78 is 2.04. The Hall–Kier alpha value is -1.62. The maximum absolute atomic E-state index is 6.02. The molecule has 4 rings (SSSR count). The number of piperidine rings is 1. The van der Waals surface area contributed by atoms with Gasteiger partial charge in [-0.2, -0.15) is 5.10 Å². The molecule has 0 aromatic carbocycles. The molecule has 2 bridgehead atoms. The van der Waals surface area contributed by atoms with Gasteiger partial charge in [-0.1, -0.05) is 11.6 Å². The zero-order chi connectivity index (χ0) is 15.3. The normalized spacial score (nSPS) is 27.4. The van der Waals surface area contributed by atoms with Gasteiger partial charge in [-0.25, -0.2) is 9.97 Å². The summed E-state index contributed by atoms with van der Waals surface area (Å²) in [6.07, 6.45) is 10.1. The molecule has 0 amide bonds. The zero-order valence-corrected chi connectivity index (χ0v) is 13.7. The van der Waals surface area contributed by atoms with Gasteiger partial charge in [0, 0.05) is 29.5 Å². The van der Waals surface area contributed by atoms with Crippen molar-refractivity contribution in [2.24, 2.45) is 0 Å². The highest BCUT2D eigenvalue weighted by Gasteiger charge is 2.42. The van der Waals surface area contributed by atoms with Crippen LogP contribution in [-0.4, -0.2) is 31.8 Å². The summed E-state index contributed by atoms with van der Waals surface area (Å²) in [5, 5.41) is 5.13. The number of aromatic nitrogens is 4. The molecular formula is C16H20ClN5. The van der Waals surface area contributed by atoms with E-state index in [1.807, 2.05) is 10.9 Å². The van der Waals surface area contributed by atoms with E-state index in [-0.39, 0.29) is 0 Å². The number of fused-ring (bicyclic) bond motifs is 2. The summed E-state index contributed by atoms with van der Waals surface area (Å²) >= 11 is 6.02. The van der Waals surface area contributed by atoms with Gasteiger partial charge in [0.1, 0.15) is 12.1 Å². The Morgan fingerprint density at radius 2 is 1.82 bits per heavy atom. The van der Waals surface area contributed by atoms with Crippen LogP contribution in [0.3, 0.4) is 0 Å². The quantitative estimate of drug-likeness (QED) is 0.852. The Morgan fingerprint density at radius 1 is 1.09 bits per heavy atom. The van der Waals surface area contributed by atoms with E-state index < -0.39 is 0 Å². The summed E-state index contributed by atoms with van der Waals surface area (Å²) in [5.41, 5.74) is 2.28. The van der Waals surface area contributed by atoms with E-state index in [0.29, 0.717) is 18.1 Å². The molecule has 5 nitrogen and oxygen atoms in total. The first-order valence-corrected chi connectivity index (χ1v) is 8.27. The van der Waals surface area contributed by atoms with E-state index in [2.05, 4.69) is 33.8 Å². The molecule has 4 heterocycles. The van der Waals surface area contributed by atoms with Crippen LogP contribution in [0.25, 0.3) is 0 Å². The van der Waals surface area contributed by atoms with Crippen LogP contribution < -0.4 is 4.90 Å². The van der Waals surface area contributed by atoms with Gasteiger partial charge in [-0.15, -0.1) is 0 Å². The smallest absolute Gasteiger partial charge is 0.135 e. The standard InChI is InChI=1S/C16H20ClN5/c1-10-11(2)18-9-19-16(10)22-13-3-4-14(22)6-15(5-13)21-8-12(17)7-20-21/h7-9,13-15H,3-6H2,1-2H3. The molecule has 2 fully saturated rings. The number of hydrogen-bond acceptors (Lipinski definition) is 4. The molecule has 2 aliphatic rings. The highest BCUT2D eigenvalue weighted by atomic mass is 35.5. The molecule has 2 atom stereocenters. The fraction of sp³-hybridized carbons (Fsp3) is 0.562. The molecule has 0 saturated carbocycles. The molecule has 2 aliphatic heterocycles. The summed E-state index contributed by atoms with van der Waals surface area (Å²) in [5.74, 6) is 1.12. The van der Waals surface area contributed by atoms with Crippen LogP contribution in [0.5, 0.6) is 0 Å². The Kier molecular flexibility index (Phi) is 3.33. The topological polar surface area (TPSA) is 46.8 Å². The van der Waals surface area contributed by atoms with Crippen LogP contribution in [0.2, 0.25) is 5.02 Å². The van der Waals surface area contributed by atoms with E-state index in [9.17, 15) is 0 Å². The largest absolute Gasteiger partial charge is 0.350 e. The average molecular weight is 318 g/mol. The number of aryl methyl sites for hydroxylation is 1. The molecule has 0 spiro atoms. The SMILES string of the molecule is Cc1ncnc(N2C3CCC2CC(n2cc(Cl)cn2)C3)c1C. The second-order valence-electron chi connectivity index (χ2n) is 6.46. The highest BCUT2D eigenvalue weighted by Crippen LogP contribution is 2.43. The molecule has 2 aromatic rings. The second-order valence-corrected chi connectivity index (χ2v) is 6.90.